The average molecular weight is 195 g/mol. The van der Waals surface area contributed by atoms with Crippen molar-refractivity contribution in [3.63, 3.8) is 0 Å². The molecule has 2 aliphatic carbocycles. The van der Waals surface area contributed by atoms with E-state index in [0.717, 1.165) is 6.42 Å². The van der Waals surface area contributed by atoms with Gasteiger partial charge in [-0.05, 0) is 30.6 Å². The molecule has 0 aromatic carbocycles. The average Bonchev–Trinajstić information content (AvgIpc) is 2.74. The molecule has 1 saturated carbocycles. The first-order valence-electron chi connectivity index (χ1n) is 4.86. The molecule has 0 aliphatic heterocycles. The van der Waals surface area contributed by atoms with Crippen LogP contribution in [0.5, 0.6) is 0 Å². The molecule has 0 aromatic rings. The van der Waals surface area contributed by atoms with Gasteiger partial charge in [0.25, 0.3) is 0 Å². The van der Waals surface area contributed by atoms with Crippen LogP contribution in [-0.4, -0.2) is 23.5 Å². The van der Waals surface area contributed by atoms with E-state index in [1.807, 2.05) is 0 Å². The van der Waals surface area contributed by atoms with Crippen molar-refractivity contribution in [2.45, 2.75) is 12.8 Å². The number of amides is 1. The van der Waals surface area contributed by atoms with Gasteiger partial charge in [-0.25, -0.2) is 4.79 Å². The molecule has 2 rings (SSSR count). The van der Waals surface area contributed by atoms with Crippen LogP contribution in [-0.2, 0) is 9.59 Å². The van der Waals surface area contributed by atoms with E-state index in [9.17, 15) is 9.59 Å². The predicted octanol–water partition coefficient (Wildman–Crippen LogP) is 0.399. The molecule has 4 heteroatoms. The van der Waals surface area contributed by atoms with E-state index in [4.69, 9.17) is 5.11 Å². The van der Waals surface area contributed by atoms with Gasteiger partial charge < -0.3 is 10.4 Å². The summed E-state index contributed by atoms with van der Waals surface area (Å²) in [5.74, 6) is -0.644. The van der Waals surface area contributed by atoms with Gasteiger partial charge in [0.15, 0.2) is 0 Å². The second-order valence-electron chi connectivity index (χ2n) is 4.06. The van der Waals surface area contributed by atoms with E-state index in [1.165, 1.54) is 6.42 Å². The first kappa shape index (κ1) is 9.24. The number of carboxylic acids is 1. The highest BCUT2D eigenvalue weighted by molar-refractivity contribution is 6.31. The van der Waals surface area contributed by atoms with E-state index in [1.54, 1.807) is 0 Å². The van der Waals surface area contributed by atoms with Gasteiger partial charge in [-0.15, -0.1) is 0 Å². The Balaban J connectivity index is 1.80. The van der Waals surface area contributed by atoms with Crippen LogP contribution in [0.3, 0.4) is 0 Å². The zero-order valence-electron chi connectivity index (χ0n) is 7.77. The Morgan fingerprint density at radius 1 is 1.36 bits per heavy atom. The molecule has 0 radical (unpaired) electrons. The third-order valence-corrected chi connectivity index (χ3v) is 3.14. The summed E-state index contributed by atoms with van der Waals surface area (Å²) < 4.78 is 0. The molecule has 4 nitrogen and oxygen atoms in total. The van der Waals surface area contributed by atoms with Gasteiger partial charge in [-0.1, -0.05) is 12.2 Å². The van der Waals surface area contributed by atoms with E-state index >= 15 is 0 Å². The summed E-state index contributed by atoms with van der Waals surface area (Å²) in [5, 5.41) is 10.8. The first-order valence-corrected chi connectivity index (χ1v) is 4.86. The van der Waals surface area contributed by atoms with Gasteiger partial charge >= 0.3 is 11.9 Å². The third-order valence-electron chi connectivity index (χ3n) is 3.14. The maximum atomic E-state index is 10.8. The van der Waals surface area contributed by atoms with Crippen LogP contribution in [0.4, 0.5) is 0 Å². The summed E-state index contributed by atoms with van der Waals surface area (Å²) in [7, 11) is 0. The second kappa shape index (κ2) is 3.44. The molecule has 1 amide bonds. The largest absolute Gasteiger partial charge is 0.474 e. The Kier molecular flexibility index (Phi) is 2.27. The highest BCUT2D eigenvalue weighted by Crippen LogP contribution is 2.42. The van der Waals surface area contributed by atoms with Crippen LogP contribution < -0.4 is 5.32 Å². The van der Waals surface area contributed by atoms with E-state index in [0.29, 0.717) is 24.3 Å². The van der Waals surface area contributed by atoms with Crippen LogP contribution in [0.25, 0.3) is 0 Å². The number of fused-ring (bicyclic) bond motifs is 2. The van der Waals surface area contributed by atoms with E-state index < -0.39 is 11.9 Å². The number of aliphatic carboxylic acids is 1. The third kappa shape index (κ3) is 1.64. The smallest absolute Gasteiger partial charge is 0.394 e. The van der Waals surface area contributed by atoms with Gasteiger partial charge in [0.1, 0.15) is 0 Å². The zero-order chi connectivity index (χ0) is 10.1. The quantitative estimate of drug-likeness (QED) is 0.495. The maximum absolute atomic E-state index is 10.8. The van der Waals surface area contributed by atoms with Crippen molar-refractivity contribution in [2.24, 2.45) is 17.8 Å². The minimum atomic E-state index is -1.40. The van der Waals surface area contributed by atoms with Crippen molar-refractivity contribution in [1.82, 2.24) is 5.32 Å². The summed E-state index contributed by atoms with van der Waals surface area (Å²) in [4.78, 5) is 21.0. The molecule has 3 unspecified atom stereocenters. The molecule has 2 aliphatic rings. The lowest BCUT2D eigenvalue weighted by atomic mass is 9.94. The number of carboxylic acid groups (broad SMARTS) is 1. The predicted molar refractivity (Wildman–Crippen MR) is 49.5 cm³/mol. The molecule has 0 aromatic heterocycles. The van der Waals surface area contributed by atoms with Gasteiger partial charge in [-0.2, -0.15) is 0 Å². The molecule has 2 bridgehead atoms. The van der Waals surface area contributed by atoms with Crippen LogP contribution >= 0.6 is 0 Å². The molecule has 3 atom stereocenters. The fourth-order valence-electron chi connectivity index (χ4n) is 2.43. The molecule has 1 fully saturated rings. The standard InChI is InChI=1S/C10H13NO3/c12-9(10(13)14)11-5-8-4-6-1-2-7(8)3-6/h1-2,6-8H,3-5H2,(H,11,12)(H,13,14). The number of allylic oxidation sites excluding steroid dienone is 2. The van der Waals surface area contributed by atoms with E-state index in [-0.39, 0.29) is 0 Å². The second-order valence-corrected chi connectivity index (χ2v) is 4.06. The minimum absolute atomic E-state index is 0.438. The number of carbonyl (C=O) groups excluding carboxylic acids is 1. The molecule has 76 valence electrons. The highest BCUT2D eigenvalue weighted by Gasteiger charge is 2.35. The summed E-state index contributed by atoms with van der Waals surface area (Å²) >= 11 is 0. The molecular weight excluding hydrogens is 182 g/mol. The minimum Gasteiger partial charge on any atom is -0.474 e. The zero-order valence-corrected chi connectivity index (χ0v) is 7.77. The van der Waals surface area contributed by atoms with Gasteiger partial charge in [-0.3, -0.25) is 4.79 Å². The Bertz CT molecular complexity index is 298. The van der Waals surface area contributed by atoms with Gasteiger partial charge in [0.2, 0.25) is 0 Å². The van der Waals surface area contributed by atoms with Crippen LogP contribution in [0.15, 0.2) is 12.2 Å². The van der Waals surface area contributed by atoms with Crippen LogP contribution in [0.1, 0.15) is 12.8 Å². The maximum Gasteiger partial charge on any atom is 0.394 e. The van der Waals surface area contributed by atoms with Gasteiger partial charge in [0, 0.05) is 6.54 Å². The fraction of sp³-hybridized carbons (Fsp3) is 0.600. The van der Waals surface area contributed by atoms with Crippen LogP contribution in [0, 0.1) is 17.8 Å². The number of nitrogens with one attached hydrogen (secondary N) is 1. The lowest BCUT2D eigenvalue weighted by Crippen LogP contribution is -2.35. The summed E-state index contributed by atoms with van der Waals surface area (Å²) in [5.41, 5.74) is 0. The summed E-state index contributed by atoms with van der Waals surface area (Å²) in [6.45, 7) is 0.497. The summed E-state index contributed by atoms with van der Waals surface area (Å²) in [6.07, 6.45) is 6.67. The van der Waals surface area contributed by atoms with Crippen molar-refractivity contribution in [1.29, 1.82) is 0 Å². The van der Waals surface area contributed by atoms with Crippen LogP contribution in [0.2, 0.25) is 0 Å². The number of carbonyl (C=O) groups is 2. The Morgan fingerprint density at radius 2 is 2.14 bits per heavy atom. The SMILES string of the molecule is O=C(O)C(=O)NCC1CC2C=CC1C2. The van der Waals surface area contributed by atoms with Crippen molar-refractivity contribution in [2.75, 3.05) is 6.54 Å². The molecule has 0 saturated heterocycles. The van der Waals surface area contributed by atoms with Gasteiger partial charge in [0.05, 0.1) is 0 Å². The highest BCUT2D eigenvalue weighted by atomic mass is 16.4. The monoisotopic (exact) mass is 195 g/mol. The molecule has 0 heterocycles. The number of hydrogen-bond donors (Lipinski definition) is 2. The number of rotatable bonds is 2. The topological polar surface area (TPSA) is 66.4 Å². The lowest BCUT2D eigenvalue weighted by Gasteiger charge is -2.17. The van der Waals surface area contributed by atoms with Crippen molar-refractivity contribution in [3.8, 4) is 0 Å². The first-order chi connectivity index (χ1) is 6.66. The van der Waals surface area contributed by atoms with Crippen molar-refractivity contribution in [3.05, 3.63) is 12.2 Å². The lowest BCUT2D eigenvalue weighted by molar-refractivity contribution is -0.150. The molecule has 0 spiro atoms. The number of hydrogen-bond acceptors (Lipinski definition) is 2. The molecule has 2 N–H and O–H groups in total. The Labute approximate surface area is 82.0 Å². The molecular formula is C10H13NO3. The Hall–Kier alpha value is -1.32. The Morgan fingerprint density at radius 3 is 2.64 bits per heavy atom. The fourth-order valence-corrected chi connectivity index (χ4v) is 2.43. The van der Waals surface area contributed by atoms with Crippen molar-refractivity contribution < 1.29 is 14.7 Å². The van der Waals surface area contributed by atoms with E-state index in [2.05, 4.69) is 17.5 Å². The summed E-state index contributed by atoms with van der Waals surface area (Å²) in [6, 6.07) is 0. The van der Waals surface area contributed by atoms with Crippen molar-refractivity contribution >= 4 is 11.9 Å². The normalized spacial score (nSPS) is 33.3. The molecule has 14 heavy (non-hydrogen) atoms.